The van der Waals surface area contributed by atoms with Crippen LogP contribution in [-0.4, -0.2) is 0 Å². The second kappa shape index (κ2) is 12.7. The van der Waals surface area contributed by atoms with Crippen LogP contribution in [0.5, 0.6) is 0 Å². The fourth-order valence-electron chi connectivity index (χ4n) is 9.62. The van der Waals surface area contributed by atoms with Gasteiger partial charge in [0.15, 0.2) is 0 Å². The van der Waals surface area contributed by atoms with Crippen molar-refractivity contribution < 1.29 is 11.3 Å². The van der Waals surface area contributed by atoms with Crippen LogP contribution in [0.4, 0.5) is 34.1 Å². The summed E-state index contributed by atoms with van der Waals surface area (Å²) in [5.74, 6) is 0. The molecule has 58 heavy (non-hydrogen) atoms. The zero-order valence-corrected chi connectivity index (χ0v) is 31.2. The van der Waals surface area contributed by atoms with Gasteiger partial charge in [-0.2, -0.15) is 0 Å². The van der Waals surface area contributed by atoms with E-state index in [1.54, 1.807) is 4.90 Å². The van der Waals surface area contributed by atoms with E-state index in [4.69, 9.17) is 11.3 Å². The van der Waals surface area contributed by atoms with Crippen molar-refractivity contribution in [3.05, 3.63) is 241 Å². The molecule has 10 aromatic rings. The van der Waals surface area contributed by atoms with Crippen LogP contribution in [0, 0.1) is 0 Å². The summed E-state index contributed by atoms with van der Waals surface area (Å²) in [6.07, 6.45) is 0. The molecule has 272 valence electrons. The van der Waals surface area contributed by atoms with Gasteiger partial charge in [-0.25, -0.2) is 0 Å². The Morgan fingerprint density at radius 2 is 0.862 bits per heavy atom. The highest BCUT2D eigenvalue weighted by molar-refractivity contribution is 6.06. The Kier molecular flexibility index (Phi) is 6.11. The largest absolute Gasteiger partial charge is 0.456 e. The smallest absolute Gasteiger partial charge is 0.137 e. The van der Waals surface area contributed by atoms with E-state index >= 15 is 0 Å². The number of rotatable bonds is 6. The molecular formula is C55H36N2O. The van der Waals surface area contributed by atoms with Gasteiger partial charge in [0.1, 0.15) is 11.2 Å². The number of hydrogen-bond acceptors (Lipinski definition) is 3. The highest BCUT2D eigenvalue weighted by atomic mass is 16.3. The standard InChI is InChI=1S/C55H36N2O/c1-4-16-37(17-5-1)56(38-18-6-2-7-19-38)41-28-31-45-43-22-10-13-25-49(43)55(52(45)35-41)50-26-14-11-23-44(50)48-34-40(30-33-51(48)55)57(39-20-8-3-9-21-39)42-29-32-47-46-24-12-15-27-53(46)58-54(47)36-42/h1-36H/i1D,4D,5D,16D,17D. The molecule has 0 aliphatic heterocycles. The first-order valence-corrected chi connectivity index (χ1v) is 19.5. The normalized spacial score (nSPS) is 15.8. The highest BCUT2D eigenvalue weighted by Gasteiger charge is 2.52. The topological polar surface area (TPSA) is 19.6 Å². The molecule has 0 amide bonds. The van der Waals surface area contributed by atoms with E-state index in [-0.39, 0.29) is 29.9 Å². The molecule has 0 bridgehead atoms. The third kappa shape index (κ3) is 4.68. The van der Waals surface area contributed by atoms with Crippen molar-refractivity contribution in [1.29, 1.82) is 0 Å². The predicted molar refractivity (Wildman–Crippen MR) is 239 cm³/mol. The lowest BCUT2D eigenvalue weighted by Gasteiger charge is -2.32. The van der Waals surface area contributed by atoms with Crippen LogP contribution in [0.25, 0.3) is 44.2 Å². The lowest BCUT2D eigenvalue weighted by atomic mass is 9.70. The Labute approximate surface area is 344 Å². The summed E-state index contributed by atoms with van der Waals surface area (Å²) in [5, 5.41) is 2.16. The van der Waals surface area contributed by atoms with Crippen molar-refractivity contribution in [2.24, 2.45) is 0 Å². The molecule has 1 atom stereocenters. The van der Waals surface area contributed by atoms with Crippen molar-refractivity contribution in [3.63, 3.8) is 0 Å². The number of fused-ring (bicyclic) bond motifs is 13. The first-order chi connectivity index (χ1) is 30.8. The second-order valence-electron chi connectivity index (χ2n) is 14.9. The lowest BCUT2D eigenvalue weighted by molar-refractivity contribution is 0.669. The molecule has 2 aliphatic carbocycles. The average Bonchev–Trinajstić information content (AvgIpc) is 3.95. The number of furan rings is 1. The van der Waals surface area contributed by atoms with Gasteiger partial charge in [-0.1, -0.05) is 133 Å². The quantitative estimate of drug-likeness (QED) is 0.169. The van der Waals surface area contributed by atoms with Gasteiger partial charge in [0.2, 0.25) is 0 Å². The molecule has 12 rings (SSSR count). The molecule has 1 heterocycles. The number of anilines is 6. The molecule has 0 saturated heterocycles. The molecular weight excluding hydrogens is 705 g/mol. The Hall–Kier alpha value is -7.62. The number of benzene rings is 9. The molecule has 1 unspecified atom stereocenters. The third-order valence-corrected chi connectivity index (χ3v) is 11.9. The maximum Gasteiger partial charge on any atom is 0.137 e. The van der Waals surface area contributed by atoms with Gasteiger partial charge in [-0.15, -0.1) is 0 Å². The van der Waals surface area contributed by atoms with Gasteiger partial charge in [0, 0.05) is 51.0 Å². The Morgan fingerprint density at radius 1 is 0.345 bits per heavy atom. The van der Waals surface area contributed by atoms with Crippen molar-refractivity contribution >= 4 is 56.1 Å². The van der Waals surface area contributed by atoms with Gasteiger partial charge in [-0.3, -0.25) is 0 Å². The Bertz CT molecular complexity index is 3470. The molecule has 3 nitrogen and oxygen atoms in total. The van der Waals surface area contributed by atoms with Crippen molar-refractivity contribution in [2.75, 3.05) is 9.80 Å². The summed E-state index contributed by atoms with van der Waals surface area (Å²) in [6.45, 7) is 0. The van der Waals surface area contributed by atoms with E-state index in [0.29, 0.717) is 11.4 Å². The molecule has 9 aromatic carbocycles. The van der Waals surface area contributed by atoms with Crippen molar-refractivity contribution in [3.8, 4) is 22.3 Å². The Balaban J connectivity index is 1.09. The van der Waals surface area contributed by atoms with Crippen LogP contribution in [0.1, 0.15) is 29.1 Å². The van der Waals surface area contributed by atoms with E-state index in [1.165, 1.54) is 5.56 Å². The van der Waals surface area contributed by atoms with E-state index in [0.717, 1.165) is 77.9 Å². The minimum Gasteiger partial charge on any atom is -0.456 e. The number of para-hydroxylation sites is 4. The van der Waals surface area contributed by atoms with Crippen molar-refractivity contribution in [1.82, 2.24) is 0 Å². The van der Waals surface area contributed by atoms with Crippen LogP contribution in [0.3, 0.4) is 0 Å². The molecule has 0 saturated carbocycles. The van der Waals surface area contributed by atoms with Crippen molar-refractivity contribution in [2.45, 2.75) is 5.41 Å². The van der Waals surface area contributed by atoms with E-state index in [1.807, 2.05) is 60.7 Å². The SMILES string of the molecule is [2H]c1c([2H])c([2H])c(N(c2ccccc2)c2ccc3c(c2)C2(c4ccccc4-c4cc(N(c5ccccc5)c5ccc6c(c5)oc5ccccc56)ccc42)c2ccccc2-3)c([2H])c1[2H]. The van der Waals surface area contributed by atoms with Gasteiger partial charge in [0.25, 0.3) is 0 Å². The maximum atomic E-state index is 9.10. The molecule has 1 aromatic heterocycles. The van der Waals surface area contributed by atoms with Crippen LogP contribution in [-0.2, 0) is 5.41 Å². The summed E-state index contributed by atoms with van der Waals surface area (Å²) in [5.41, 5.74) is 14.4. The summed E-state index contributed by atoms with van der Waals surface area (Å²) in [6, 6.07) is 63.2. The second-order valence-corrected chi connectivity index (χ2v) is 14.9. The van der Waals surface area contributed by atoms with Gasteiger partial charge in [0.05, 0.1) is 12.3 Å². The van der Waals surface area contributed by atoms with Crippen LogP contribution in [0.2, 0.25) is 0 Å². The van der Waals surface area contributed by atoms with E-state index < -0.39 is 11.5 Å². The average molecular weight is 746 g/mol. The lowest BCUT2D eigenvalue weighted by Crippen LogP contribution is -2.26. The third-order valence-electron chi connectivity index (χ3n) is 11.9. The molecule has 0 N–H and O–H groups in total. The number of hydrogen-bond donors (Lipinski definition) is 0. The Morgan fingerprint density at radius 3 is 1.60 bits per heavy atom. The molecule has 2 aliphatic rings. The molecule has 0 radical (unpaired) electrons. The minimum absolute atomic E-state index is 0.0930. The van der Waals surface area contributed by atoms with Crippen LogP contribution in [0.15, 0.2) is 223 Å². The predicted octanol–water partition coefficient (Wildman–Crippen LogP) is 14.9. The fourth-order valence-corrected chi connectivity index (χ4v) is 9.62. The summed E-state index contributed by atoms with van der Waals surface area (Å²) < 4.78 is 50.2. The molecule has 0 fully saturated rings. The van der Waals surface area contributed by atoms with Gasteiger partial charge >= 0.3 is 0 Å². The zero-order valence-electron chi connectivity index (χ0n) is 36.2. The van der Waals surface area contributed by atoms with E-state index in [9.17, 15) is 0 Å². The van der Waals surface area contributed by atoms with Crippen LogP contribution < -0.4 is 9.80 Å². The molecule has 3 heteroatoms. The highest BCUT2D eigenvalue weighted by Crippen LogP contribution is 2.64. The maximum absolute atomic E-state index is 9.10. The summed E-state index contributed by atoms with van der Waals surface area (Å²) in [7, 11) is 0. The summed E-state index contributed by atoms with van der Waals surface area (Å²) in [4.78, 5) is 4.09. The number of nitrogens with zero attached hydrogens (tertiary/aromatic N) is 2. The van der Waals surface area contributed by atoms with E-state index in [2.05, 4.69) is 132 Å². The summed E-state index contributed by atoms with van der Waals surface area (Å²) >= 11 is 0. The fraction of sp³-hybridized carbons (Fsp3) is 0.0182. The minimum atomic E-state index is -0.723. The van der Waals surface area contributed by atoms with Gasteiger partial charge < -0.3 is 14.2 Å². The molecule has 1 spiro atoms. The van der Waals surface area contributed by atoms with Gasteiger partial charge in [-0.05, 0) is 123 Å². The monoisotopic (exact) mass is 745 g/mol. The zero-order chi connectivity index (χ0) is 42.6. The first-order valence-electron chi connectivity index (χ1n) is 22.0. The van der Waals surface area contributed by atoms with Crippen LogP contribution >= 0.6 is 0 Å². The first kappa shape index (κ1) is 27.9.